The fourth-order valence-electron chi connectivity index (χ4n) is 3.63. The van der Waals surface area contributed by atoms with E-state index in [9.17, 15) is 13.6 Å². The number of likely N-dealkylation sites (tertiary alicyclic amines) is 1. The molecule has 0 bridgehead atoms. The zero-order chi connectivity index (χ0) is 22.4. The minimum absolute atomic E-state index is 0.119. The summed E-state index contributed by atoms with van der Waals surface area (Å²) < 4.78 is 38.7. The molecule has 1 aromatic carbocycles. The van der Waals surface area contributed by atoms with Crippen molar-refractivity contribution in [1.29, 1.82) is 0 Å². The summed E-state index contributed by atoms with van der Waals surface area (Å²) in [6.07, 6.45) is 5.03. The van der Waals surface area contributed by atoms with E-state index in [1.165, 1.54) is 12.1 Å². The normalized spacial score (nSPS) is 15.6. The molecule has 1 fully saturated rings. The first-order chi connectivity index (χ1) is 14.7. The summed E-state index contributed by atoms with van der Waals surface area (Å²) in [6, 6.07) is 4.17. The summed E-state index contributed by atoms with van der Waals surface area (Å²) >= 11 is 0. The van der Waals surface area contributed by atoms with Crippen LogP contribution in [0.25, 0.3) is 11.4 Å². The number of hydrogen-bond donors (Lipinski definition) is 0. The number of hydrogen-bond acceptors (Lipinski definition) is 6. The second kappa shape index (κ2) is 10.1. The number of ether oxygens (including phenoxy) is 2. The maximum Gasteiger partial charge on any atom is 0.341 e. The van der Waals surface area contributed by atoms with Crippen LogP contribution in [0.5, 0.6) is 5.75 Å². The van der Waals surface area contributed by atoms with Gasteiger partial charge in [-0.1, -0.05) is 6.07 Å². The van der Waals surface area contributed by atoms with Crippen LogP contribution < -0.4 is 4.74 Å². The third-order valence-electron chi connectivity index (χ3n) is 5.14. The Balaban J connectivity index is 1.52. The molecule has 0 atom stereocenters. The zero-order valence-electron chi connectivity index (χ0n) is 18.2. The lowest BCUT2D eigenvalue weighted by Crippen LogP contribution is -2.41. The summed E-state index contributed by atoms with van der Waals surface area (Å²) in [5, 5.41) is 0. The van der Waals surface area contributed by atoms with Crippen LogP contribution in [0, 0.1) is 11.7 Å². The minimum atomic E-state index is -1.18. The molecule has 1 aromatic heterocycles. The number of rotatable bonds is 8. The number of alkyl halides is 1. The van der Waals surface area contributed by atoms with E-state index in [1.54, 1.807) is 39.2 Å². The van der Waals surface area contributed by atoms with Gasteiger partial charge in [-0.3, -0.25) is 0 Å². The molecule has 1 aliphatic heterocycles. The molecule has 168 valence electrons. The van der Waals surface area contributed by atoms with Gasteiger partial charge in [-0.05, 0) is 64.8 Å². The highest BCUT2D eigenvalue weighted by Crippen LogP contribution is 2.23. The Morgan fingerprint density at radius 1 is 1.23 bits per heavy atom. The third kappa shape index (κ3) is 6.69. The number of carbonyl (C=O) groups is 1. The minimum Gasteiger partial charge on any atom is -0.490 e. The fourth-order valence-corrected chi connectivity index (χ4v) is 3.63. The number of halogens is 2. The molecule has 0 radical (unpaired) electrons. The van der Waals surface area contributed by atoms with Gasteiger partial charge in [0, 0.05) is 12.1 Å². The molecule has 0 unspecified atom stereocenters. The Labute approximate surface area is 181 Å². The van der Waals surface area contributed by atoms with E-state index in [4.69, 9.17) is 9.47 Å². The average molecular weight is 433 g/mol. The van der Waals surface area contributed by atoms with Crippen molar-refractivity contribution in [3.05, 3.63) is 42.0 Å². The molecule has 0 saturated carbocycles. The number of nitrogens with zero attached hydrogens (tertiary/aromatic N) is 3. The molecule has 2 heterocycles. The van der Waals surface area contributed by atoms with E-state index < -0.39 is 17.5 Å². The van der Waals surface area contributed by atoms with Crippen molar-refractivity contribution in [3.8, 4) is 17.1 Å². The SMILES string of the molecule is CCOC(=O)c1ccc(-c2ncc(OCC3CCN(CC(C)(C)F)CC3)cn2)cc1F. The smallest absolute Gasteiger partial charge is 0.341 e. The molecule has 6 nitrogen and oxygen atoms in total. The van der Waals surface area contributed by atoms with E-state index in [0.29, 0.717) is 36.2 Å². The van der Waals surface area contributed by atoms with Crippen molar-refractivity contribution in [3.63, 3.8) is 0 Å². The van der Waals surface area contributed by atoms with Crippen LogP contribution in [0.4, 0.5) is 8.78 Å². The van der Waals surface area contributed by atoms with E-state index in [2.05, 4.69) is 14.9 Å². The highest BCUT2D eigenvalue weighted by Gasteiger charge is 2.25. The maximum absolute atomic E-state index is 14.2. The van der Waals surface area contributed by atoms with Crippen molar-refractivity contribution in [2.75, 3.05) is 32.8 Å². The Hall–Kier alpha value is -2.61. The Kier molecular flexibility index (Phi) is 7.54. The fraction of sp³-hybridized carbons (Fsp3) is 0.522. The Bertz CT molecular complexity index is 877. The number of benzene rings is 1. The molecule has 8 heteroatoms. The summed E-state index contributed by atoms with van der Waals surface area (Å²) in [4.78, 5) is 22.4. The van der Waals surface area contributed by atoms with Crippen LogP contribution >= 0.6 is 0 Å². The zero-order valence-corrected chi connectivity index (χ0v) is 18.2. The van der Waals surface area contributed by atoms with Crippen LogP contribution in [0.1, 0.15) is 44.0 Å². The Morgan fingerprint density at radius 2 is 1.90 bits per heavy atom. The van der Waals surface area contributed by atoms with Crippen LogP contribution in [-0.2, 0) is 4.74 Å². The van der Waals surface area contributed by atoms with Crippen molar-refractivity contribution >= 4 is 5.97 Å². The number of carbonyl (C=O) groups excluding carboxylic acids is 1. The first-order valence-corrected chi connectivity index (χ1v) is 10.6. The van der Waals surface area contributed by atoms with Gasteiger partial charge >= 0.3 is 5.97 Å². The van der Waals surface area contributed by atoms with Crippen LogP contribution in [-0.4, -0.2) is 59.4 Å². The monoisotopic (exact) mass is 433 g/mol. The predicted octanol–water partition coefficient (Wildman–Crippen LogP) is 4.30. The summed E-state index contributed by atoms with van der Waals surface area (Å²) in [5.41, 5.74) is -0.836. The Morgan fingerprint density at radius 3 is 2.48 bits per heavy atom. The van der Waals surface area contributed by atoms with E-state index in [-0.39, 0.29) is 12.2 Å². The average Bonchev–Trinajstić information content (AvgIpc) is 2.72. The van der Waals surface area contributed by atoms with E-state index in [0.717, 1.165) is 25.9 Å². The lowest BCUT2D eigenvalue weighted by Gasteiger charge is -2.34. The van der Waals surface area contributed by atoms with E-state index >= 15 is 0 Å². The molecule has 31 heavy (non-hydrogen) atoms. The van der Waals surface area contributed by atoms with Gasteiger partial charge in [0.25, 0.3) is 0 Å². The quantitative estimate of drug-likeness (QED) is 0.579. The molecule has 0 aliphatic carbocycles. The first-order valence-electron chi connectivity index (χ1n) is 10.6. The van der Waals surface area contributed by atoms with Gasteiger partial charge in [-0.15, -0.1) is 0 Å². The second-order valence-electron chi connectivity index (χ2n) is 8.41. The standard InChI is InChI=1S/C23H29F2N3O3/c1-4-30-22(29)19-6-5-17(11-20(19)24)21-26-12-18(13-27-21)31-14-16-7-9-28(10-8-16)15-23(2,3)25/h5-6,11-13,16H,4,7-10,14-15H2,1-3H3. The van der Waals surface area contributed by atoms with Gasteiger partial charge < -0.3 is 14.4 Å². The topological polar surface area (TPSA) is 64.6 Å². The molecule has 0 N–H and O–H groups in total. The highest BCUT2D eigenvalue weighted by molar-refractivity contribution is 5.90. The van der Waals surface area contributed by atoms with Crippen molar-refractivity contribution in [2.45, 2.75) is 39.3 Å². The largest absolute Gasteiger partial charge is 0.490 e. The summed E-state index contributed by atoms with van der Waals surface area (Å²) in [5.74, 6) is -0.0931. The molecular weight excluding hydrogens is 404 g/mol. The number of aromatic nitrogens is 2. The number of esters is 1. The molecule has 0 spiro atoms. The van der Waals surface area contributed by atoms with Crippen molar-refractivity contribution < 1.29 is 23.0 Å². The van der Waals surface area contributed by atoms with Crippen molar-refractivity contribution in [1.82, 2.24) is 14.9 Å². The molecule has 1 saturated heterocycles. The van der Waals surface area contributed by atoms with Crippen LogP contribution in [0.2, 0.25) is 0 Å². The summed E-state index contributed by atoms with van der Waals surface area (Å²) in [6.45, 7) is 7.80. The maximum atomic E-state index is 14.2. The lowest BCUT2D eigenvalue weighted by molar-refractivity contribution is 0.0521. The predicted molar refractivity (Wildman–Crippen MR) is 113 cm³/mol. The van der Waals surface area contributed by atoms with Crippen LogP contribution in [0.3, 0.4) is 0 Å². The van der Waals surface area contributed by atoms with Gasteiger partial charge in [0.2, 0.25) is 0 Å². The summed E-state index contributed by atoms with van der Waals surface area (Å²) in [7, 11) is 0. The van der Waals surface area contributed by atoms with Gasteiger partial charge in [-0.2, -0.15) is 0 Å². The van der Waals surface area contributed by atoms with Crippen LogP contribution in [0.15, 0.2) is 30.6 Å². The van der Waals surface area contributed by atoms with Gasteiger partial charge in [0.15, 0.2) is 11.6 Å². The van der Waals surface area contributed by atoms with E-state index in [1.807, 2.05) is 0 Å². The molecular formula is C23H29F2N3O3. The third-order valence-corrected chi connectivity index (χ3v) is 5.14. The molecule has 1 aliphatic rings. The molecule has 3 rings (SSSR count). The first kappa shape index (κ1) is 23.1. The molecule has 0 amide bonds. The van der Waals surface area contributed by atoms with Gasteiger partial charge in [0.1, 0.15) is 11.5 Å². The molecule has 2 aromatic rings. The highest BCUT2D eigenvalue weighted by atomic mass is 19.1. The van der Waals surface area contributed by atoms with Gasteiger partial charge in [0.05, 0.1) is 31.2 Å². The number of piperidine rings is 1. The second-order valence-corrected chi connectivity index (χ2v) is 8.41. The van der Waals surface area contributed by atoms with Crippen molar-refractivity contribution in [2.24, 2.45) is 5.92 Å². The van der Waals surface area contributed by atoms with Gasteiger partial charge in [-0.25, -0.2) is 23.5 Å². The lowest BCUT2D eigenvalue weighted by atomic mass is 9.97.